The lowest BCUT2D eigenvalue weighted by atomic mass is 10.5. The minimum absolute atomic E-state index is 0. The molecule has 0 aliphatic rings. The molecule has 0 unspecified atom stereocenters. The molecule has 0 fully saturated rings. The summed E-state index contributed by atoms with van der Waals surface area (Å²) in [6.07, 6.45) is 3.23. The highest BCUT2D eigenvalue weighted by molar-refractivity contribution is 8.93. The Kier molecular flexibility index (Phi) is 11.2. The van der Waals surface area contributed by atoms with Crippen molar-refractivity contribution in [1.29, 1.82) is 0 Å². The Bertz CT molecular complexity index is 52.5. The van der Waals surface area contributed by atoms with E-state index in [2.05, 4.69) is 18.2 Å². The fourth-order valence-electron chi connectivity index (χ4n) is 0.451. The second-order valence-electron chi connectivity index (χ2n) is 2.26. The van der Waals surface area contributed by atoms with Crippen LogP contribution in [0.1, 0.15) is 6.42 Å². The Hall–Kier alpha value is 0.752. The van der Waals surface area contributed by atoms with Crippen LogP contribution in [0.15, 0.2) is 12.7 Å². The predicted octanol–water partition coefficient (Wildman–Crippen LogP) is 2.89. The zero-order valence-electron chi connectivity index (χ0n) is 5.68. The largest absolute Gasteiger partial charge is 0.255 e. The van der Waals surface area contributed by atoms with Crippen LogP contribution in [0.5, 0.6) is 0 Å². The average molecular weight is 193 g/mol. The zero-order chi connectivity index (χ0) is 5.70. The van der Waals surface area contributed by atoms with Gasteiger partial charge in [-0.05, 0) is 6.42 Å². The second-order valence-corrected chi connectivity index (χ2v) is 5.62. The normalized spacial score (nSPS) is 7.25. The number of hydrogen-bond donors (Lipinski definition) is 0. The second kappa shape index (κ2) is 7.75. The van der Waals surface area contributed by atoms with Crippen molar-refractivity contribution < 1.29 is 0 Å². The van der Waals surface area contributed by atoms with Crippen LogP contribution in [0.25, 0.3) is 0 Å². The van der Waals surface area contributed by atoms with Gasteiger partial charge in [0.15, 0.2) is 0 Å². The molecule has 0 heterocycles. The van der Waals surface area contributed by atoms with E-state index in [1.165, 1.54) is 11.7 Å². The number of allylic oxidation sites excluding steroid dienone is 1. The standard InChI is InChI=1S/C4H7.2CH3.Al.BrH/c1-3-4-2;;;;/h3H,1-2,4H2;2*1H3;;1H. The van der Waals surface area contributed by atoms with E-state index in [0.29, 0.717) is 0 Å². The Morgan fingerprint density at radius 2 is 2.00 bits per heavy atom. The predicted molar refractivity (Wildman–Crippen MR) is 47.4 cm³/mol. The van der Waals surface area contributed by atoms with Gasteiger partial charge in [-0.15, -0.1) is 35.1 Å². The molecule has 0 saturated carbocycles. The summed E-state index contributed by atoms with van der Waals surface area (Å²) >= 11 is -0.259. The van der Waals surface area contributed by atoms with E-state index in [-0.39, 0.29) is 31.1 Å². The van der Waals surface area contributed by atoms with Crippen LogP contribution >= 0.6 is 17.0 Å². The maximum Gasteiger partial charge on any atom is 0.255 e. The molecular weight excluding hydrogens is 179 g/mol. The highest BCUT2D eigenvalue weighted by atomic mass is 79.9. The first kappa shape index (κ1) is 11.5. The molecule has 0 radical (unpaired) electrons. The third kappa shape index (κ3) is 9.89. The van der Waals surface area contributed by atoms with Gasteiger partial charge in [-0.3, -0.25) is 0 Å². The third-order valence-corrected chi connectivity index (χ3v) is 2.44. The molecule has 2 heteroatoms. The monoisotopic (exact) mass is 192 g/mol. The van der Waals surface area contributed by atoms with E-state index in [9.17, 15) is 0 Å². The smallest absolute Gasteiger partial charge is 0.114 e. The van der Waals surface area contributed by atoms with Crippen LogP contribution < -0.4 is 0 Å². The lowest BCUT2D eigenvalue weighted by Gasteiger charge is -1.90. The van der Waals surface area contributed by atoms with Crippen LogP contribution in [-0.2, 0) is 0 Å². The summed E-state index contributed by atoms with van der Waals surface area (Å²) in [6.45, 7) is 3.65. The van der Waals surface area contributed by atoms with Gasteiger partial charge in [0.1, 0.15) is 0 Å². The third-order valence-electron chi connectivity index (χ3n) is 0.948. The molecule has 0 aromatic carbocycles. The summed E-state index contributed by atoms with van der Waals surface area (Å²) in [5.41, 5.74) is 0. The Morgan fingerprint density at radius 3 is 2.12 bits per heavy atom. The molecule has 0 amide bonds. The lowest BCUT2D eigenvalue weighted by Crippen LogP contribution is -1.95. The molecule has 0 rings (SSSR count). The number of rotatable bonds is 3. The van der Waals surface area contributed by atoms with E-state index in [1.54, 1.807) is 0 Å². The molecule has 0 nitrogen and oxygen atoms in total. The first-order chi connectivity index (χ1) is 3.27. The van der Waals surface area contributed by atoms with Crippen molar-refractivity contribution in [3.8, 4) is 0 Å². The van der Waals surface area contributed by atoms with Gasteiger partial charge >= 0.3 is 0 Å². The van der Waals surface area contributed by atoms with E-state index in [0.717, 1.165) is 0 Å². The maximum atomic E-state index is 3.65. The molecular formula is C6H14AlBr. The van der Waals surface area contributed by atoms with Crippen molar-refractivity contribution in [2.75, 3.05) is 0 Å². The lowest BCUT2D eigenvalue weighted by molar-refractivity contribution is 1.19. The van der Waals surface area contributed by atoms with Crippen molar-refractivity contribution in [2.24, 2.45) is 0 Å². The van der Waals surface area contributed by atoms with Crippen molar-refractivity contribution >= 4 is 31.1 Å². The SMILES string of the molecule is Br.C=CC[CH2][Al]([CH3])[CH3]. The summed E-state index contributed by atoms with van der Waals surface area (Å²) in [6, 6.07) is 0. The molecule has 0 aromatic heterocycles. The number of hydrogen-bond acceptors (Lipinski definition) is 0. The molecule has 0 bridgehead atoms. The topological polar surface area (TPSA) is 0 Å². The quantitative estimate of drug-likeness (QED) is 0.477. The zero-order valence-corrected chi connectivity index (χ0v) is 8.55. The maximum absolute atomic E-state index is 3.65. The first-order valence-electron chi connectivity index (χ1n) is 2.88. The molecule has 0 aliphatic carbocycles. The Balaban J connectivity index is 0. The summed E-state index contributed by atoms with van der Waals surface area (Å²) in [4.78, 5) is 0. The molecule has 0 saturated heterocycles. The summed E-state index contributed by atoms with van der Waals surface area (Å²) in [5, 5.41) is 1.42. The van der Waals surface area contributed by atoms with Gasteiger partial charge < -0.3 is 0 Å². The fraction of sp³-hybridized carbons (Fsp3) is 0.667. The van der Waals surface area contributed by atoms with Crippen LogP contribution in [0.4, 0.5) is 0 Å². The van der Waals surface area contributed by atoms with Gasteiger partial charge in [0.2, 0.25) is 0 Å². The molecule has 48 valence electrons. The van der Waals surface area contributed by atoms with Gasteiger partial charge in [0.25, 0.3) is 14.1 Å². The van der Waals surface area contributed by atoms with E-state index in [4.69, 9.17) is 0 Å². The molecule has 8 heavy (non-hydrogen) atoms. The van der Waals surface area contributed by atoms with Crippen molar-refractivity contribution in [3.05, 3.63) is 12.7 Å². The Labute approximate surface area is 67.1 Å². The number of halogens is 1. The van der Waals surface area contributed by atoms with Gasteiger partial charge in [0, 0.05) is 0 Å². The minimum Gasteiger partial charge on any atom is -0.114 e. The van der Waals surface area contributed by atoms with Crippen molar-refractivity contribution in [2.45, 2.75) is 23.3 Å². The Morgan fingerprint density at radius 1 is 1.50 bits per heavy atom. The van der Waals surface area contributed by atoms with Gasteiger partial charge in [0.05, 0.1) is 0 Å². The van der Waals surface area contributed by atoms with Gasteiger partial charge in [-0.1, -0.05) is 11.4 Å². The molecule has 0 spiro atoms. The van der Waals surface area contributed by atoms with E-state index >= 15 is 0 Å². The van der Waals surface area contributed by atoms with Crippen LogP contribution in [-0.4, -0.2) is 14.1 Å². The van der Waals surface area contributed by atoms with Gasteiger partial charge in [-0.2, -0.15) is 0 Å². The van der Waals surface area contributed by atoms with Gasteiger partial charge in [-0.25, -0.2) is 0 Å². The summed E-state index contributed by atoms with van der Waals surface area (Å²) < 4.78 is 0. The van der Waals surface area contributed by atoms with Crippen LogP contribution in [0.2, 0.25) is 16.9 Å². The first-order valence-corrected chi connectivity index (χ1v) is 6.01. The molecule has 0 N–H and O–H groups in total. The summed E-state index contributed by atoms with van der Waals surface area (Å²) in [5.74, 6) is 4.73. The van der Waals surface area contributed by atoms with E-state index in [1.807, 2.05) is 6.08 Å². The average Bonchev–Trinajstić information content (AvgIpc) is 1.61. The van der Waals surface area contributed by atoms with Crippen molar-refractivity contribution in [1.82, 2.24) is 0 Å². The minimum atomic E-state index is -0.259. The van der Waals surface area contributed by atoms with Crippen LogP contribution in [0.3, 0.4) is 0 Å². The molecule has 0 aliphatic heterocycles. The van der Waals surface area contributed by atoms with Crippen LogP contribution in [0, 0.1) is 0 Å². The molecule has 0 aromatic rings. The summed E-state index contributed by atoms with van der Waals surface area (Å²) in [7, 11) is 0. The highest BCUT2D eigenvalue weighted by Gasteiger charge is 1.96. The molecule has 0 atom stereocenters. The van der Waals surface area contributed by atoms with E-state index < -0.39 is 0 Å². The fourth-order valence-corrected chi connectivity index (χ4v) is 1.35. The van der Waals surface area contributed by atoms with Crippen molar-refractivity contribution in [3.63, 3.8) is 0 Å². The highest BCUT2D eigenvalue weighted by Crippen LogP contribution is 1.95.